The molecule has 1 N–H and O–H groups in total. The van der Waals surface area contributed by atoms with Gasteiger partial charge in [-0.05, 0) is 19.4 Å². The Hall–Kier alpha value is -1.10. The molecule has 0 spiro atoms. The molecule has 13 heavy (non-hydrogen) atoms. The maximum atomic E-state index is 11.1. The largest absolute Gasteiger partial charge is 0.439 e. The Morgan fingerprint density at radius 1 is 1.54 bits per heavy atom. The van der Waals surface area contributed by atoms with E-state index in [4.69, 9.17) is 0 Å². The minimum Gasteiger partial charge on any atom is -0.439 e. The summed E-state index contributed by atoms with van der Waals surface area (Å²) in [5.41, 5.74) is 0. The van der Waals surface area contributed by atoms with Gasteiger partial charge in [0.15, 0.2) is 6.61 Å². The van der Waals surface area contributed by atoms with E-state index in [1.165, 1.54) is 4.90 Å². The summed E-state index contributed by atoms with van der Waals surface area (Å²) in [5.74, 6) is -0.223. The van der Waals surface area contributed by atoms with Crippen molar-refractivity contribution in [3.63, 3.8) is 0 Å². The Morgan fingerprint density at radius 2 is 2.38 bits per heavy atom. The third kappa shape index (κ3) is 1.65. The summed E-state index contributed by atoms with van der Waals surface area (Å²) >= 11 is 0. The molecule has 0 aromatic rings. The molecule has 2 aliphatic rings. The lowest BCUT2D eigenvalue weighted by atomic mass is 10.2. The van der Waals surface area contributed by atoms with Crippen LogP contribution in [-0.4, -0.2) is 42.6 Å². The highest BCUT2D eigenvalue weighted by molar-refractivity contribution is 5.97. The summed E-state index contributed by atoms with van der Waals surface area (Å²) in [6.45, 7) is 1.34. The zero-order valence-electron chi connectivity index (χ0n) is 7.28. The summed E-state index contributed by atoms with van der Waals surface area (Å²) in [6, 6.07) is 0.259. The van der Waals surface area contributed by atoms with Crippen LogP contribution in [0.3, 0.4) is 0 Å². The number of imide groups is 1. The van der Waals surface area contributed by atoms with Gasteiger partial charge in [-0.25, -0.2) is 9.69 Å². The minimum atomic E-state index is -0.501. The van der Waals surface area contributed by atoms with Crippen molar-refractivity contribution in [2.75, 3.05) is 19.7 Å². The minimum absolute atomic E-state index is 0.0917. The molecule has 2 heterocycles. The van der Waals surface area contributed by atoms with Crippen LogP contribution in [0.5, 0.6) is 0 Å². The second-order valence-electron chi connectivity index (χ2n) is 3.35. The molecule has 0 unspecified atom stereocenters. The Balaban J connectivity index is 1.92. The van der Waals surface area contributed by atoms with Crippen LogP contribution in [-0.2, 0) is 9.53 Å². The fourth-order valence-corrected chi connectivity index (χ4v) is 1.69. The van der Waals surface area contributed by atoms with Crippen molar-refractivity contribution < 1.29 is 14.3 Å². The number of hydrogen-bond donors (Lipinski definition) is 1. The molecule has 2 aliphatic heterocycles. The Bertz CT molecular complexity index is 220. The lowest BCUT2D eigenvalue weighted by Crippen LogP contribution is -2.40. The summed E-state index contributed by atoms with van der Waals surface area (Å²) < 4.78 is 4.60. The van der Waals surface area contributed by atoms with Crippen LogP contribution in [0.25, 0.3) is 0 Å². The predicted octanol–water partition coefficient (Wildman–Crippen LogP) is -0.283. The topological polar surface area (TPSA) is 58.6 Å². The van der Waals surface area contributed by atoms with E-state index < -0.39 is 6.09 Å². The molecule has 5 heteroatoms. The van der Waals surface area contributed by atoms with Gasteiger partial charge in [0.2, 0.25) is 0 Å². The Morgan fingerprint density at radius 3 is 2.92 bits per heavy atom. The summed E-state index contributed by atoms with van der Waals surface area (Å²) in [6.07, 6.45) is 1.64. The van der Waals surface area contributed by atoms with E-state index in [1.54, 1.807) is 0 Å². The highest BCUT2D eigenvalue weighted by atomic mass is 16.6. The number of carbonyl (C=O) groups is 2. The Labute approximate surface area is 76.0 Å². The van der Waals surface area contributed by atoms with Crippen LogP contribution >= 0.6 is 0 Å². The highest BCUT2D eigenvalue weighted by Gasteiger charge is 2.33. The first kappa shape index (κ1) is 8.50. The van der Waals surface area contributed by atoms with Gasteiger partial charge in [0, 0.05) is 12.6 Å². The first-order valence-corrected chi connectivity index (χ1v) is 4.48. The van der Waals surface area contributed by atoms with Crippen molar-refractivity contribution in [3.05, 3.63) is 0 Å². The fraction of sp³-hybridized carbons (Fsp3) is 0.750. The monoisotopic (exact) mass is 184 g/mol. The summed E-state index contributed by atoms with van der Waals surface area (Å²) in [4.78, 5) is 23.3. The number of ether oxygens (including phenoxy) is 1. The fourth-order valence-electron chi connectivity index (χ4n) is 1.69. The van der Waals surface area contributed by atoms with Crippen molar-refractivity contribution in [2.45, 2.75) is 18.9 Å². The van der Waals surface area contributed by atoms with Crippen molar-refractivity contribution in [1.82, 2.24) is 10.2 Å². The molecule has 5 nitrogen and oxygen atoms in total. The average molecular weight is 184 g/mol. The van der Waals surface area contributed by atoms with Crippen LogP contribution < -0.4 is 5.32 Å². The molecule has 72 valence electrons. The molecular formula is C8H12N2O3. The molecule has 2 amide bonds. The van der Waals surface area contributed by atoms with E-state index >= 15 is 0 Å². The van der Waals surface area contributed by atoms with Gasteiger partial charge in [0.1, 0.15) is 0 Å². The van der Waals surface area contributed by atoms with Crippen molar-refractivity contribution in [3.8, 4) is 0 Å². The molecule has 2 rings (SSSR count). The van der Waals surface area contributed by atoms with Gasteiger partial charge in [-0.15, -0.1) is 0 Å². The molecular weight excluding hydrogens is 172 g/mol. The van der Waals surface area contributed by atoms with E-state index in [2.05, 4.69) is 10.1 Å². The summed E-state index contributed by atoms with van der Waals surface area (Å²) in [5, 5.41) is 3.22. The Kier molecular flexibility index (Phi) is 2.18. The summed E-state index contributed by atoms with van der Waals surface area (Å²) in [7, 11) is 0. The highest BCUT2D eigenvalue weighted by Crippen LogP contribution is 2.11. The SMILES string of the molecule is O=C1COC(=O)N1C[C@H]1CCCN1. The number of carbonyl (C=O) groups excluding carboxylic acids is 2. The van der Waals surface area contributed by atoms with Gasteiger partial charge < -0.3 is 10.1 Å². The predicted molar refractivity (Wildman–Crippen MR) is 44.1 cm³/mol. The molecule has 0 aromatic carbocycles. The first-order chi connectivity index (χ1) is 6.27. The maximum absolute atomic E-state index is 11.1. The first-order valence-electron chi connectivity index (χ1n) is 4.48. The third-order valence-electron chi connectivity index (χ3n) is 2.41. The lowest BCUT2D eigenvalue weighted by molar-refractivity contribution is -0.126. The number of amides is 2. The molecule has 0 aromatic heterocycles. The van der Waals surface area contributed by atoms with Gasteiger partial charge in [-0.3, -0.25) is 4.79 Å². The van der Waals surface area contributed by atoms with Gasteiger partial charge in [-0.2, -0.15) is 0 Å². The standard InChI is InChI=1S/C8H12N2O3/c11-7-5-13-8(12)10(7)4-6-2-1-3-9-6/h6,9H,1-5H2/t6-/m1/s1. The third-order valence-corrected chi connectivity index (χ3v) is 2.41. The maximum Gasteiger partial charge on any atom is 0.417 e. The van der Waals surface area contributed by atoms with Gasteiger partial charge >= 0.3 is 6.09 Å². The van der Waals surface area contributed by atoms with Crippen LogP contribution in [0, 0.1) is 0 Å². The molecule has 0 radical (unpaired) electrons. The zero-order chi connectivity index (χ0) is 9.26. The number of cyclic esters (lactones) is 1. The van der Waals surface area contributed by atoms with Gasteiger partial charge in [-0.1, -0.05) is 0 Å². The number of rotatable bonds is 2. The zero-order valence-corrected chi connectivity index (χ0v) is 7.28. The van der Waals surface area contributed by atoms with Crippen molar-refractivity contribution in [2.24, 2.45) is 0 Å². The molecule has 1 atom stereocenters. The molecule has 0 saturated carbocycles. The van der Waals surface area contributed by atoms with Gasteiger partial charge in [0.05, 0.1) is 0 Å². The second kappa shape index (κ2) is 3.33. The van der Waals surface area contributed by atoms with Crippen molar-refractivity contribution >= 4 is 12.0 Å². The van der Waals surface area contributed by atoms with Crippen molar-refractivity contribution in [1.29, 1.82) is 0 Å². The van der Waals surface area contributed by atoms with Crippen LogP contribution in [0.2, 0.25) is 0 Å². The van der Waals surface area contributed by atoms with E-state index in [0.717, 1.165) is 19.4 Å². The number of hydrogen-bond acceptors (Lipinski definition) is 4. The van der Waals surface area contributed by atoms with Crippen LogP contribution in [0.4, 0.5) is 4.79 Å². The van der Waals surface area contributed by atoms with E-state index in [1.807, 2.05) is 0 Å². The van der Waals surface area contributed by atoms with Gasteiger partial charge in [0.25, 0.3) is 5.91 Å². The molecule has 0 aliphatic carbocycles. The number of nitrogens with one attached hydrogen (secondary N) is 1. The smallest absolute Gasteiger partial charge is 0.417 e. The normalized spacial score (nSPS) is 28.3. The average Bonchev–Trinajstić information content (AvgIpc) is 2.70. The van der Waals surface area contributed by atoms with Crippen LogP contribution in [0.1, 0.15) is 12.8 Å². The molecule has 0 bridgehead atoms. The van der Waals surface area contributed by atoms with E-state index in [0.29, 0.717) is 6.54 Å². The van der Waals surface area contributed by atoms with E-state index in [-0.39, 0.29) is 18.6 Å². The number of nitrogens with zero attached hydrogens (tertiary/aromatic N) is 1. The van der Waals surface area contributed by atoms with E-state index in [9.17, 15) is 9.59 Å². The molecule has 2 fully saturated rings. The van der Waals surface area contributed by atoms with Crippen LogP contribution in [0.15, 0.2) is 0 Å². The quantitative estimate of drug-likeness (QED) is 0.641. The second-order valence-corrected chi connectivity index (χ2v) is 3.35. The lowest BCUT2D eigenvalue weighted by Gasteiger charge is -2.15. The molecule has 2 saturated heterocycles.